The number of esters is 2. The van der Waals surface area contributed by atoms with E-state index in [2.05, 4.69) is 23.8 Å². The molecule has 0 aromatic carbocycles. The second-order valence-electron chi connectivity index (χ2n) is 10.4. The summed E-state index contributed by atoms with van der Waals surface area (Å²) < 4.78 is 20.3. The number of rotatable bonds is 16. The first-order valence-electron chi connectivity index (χ1n) is 14.3. The third-order valence-electron chi connectivity index (χ3n) is 7.37. The highest BCUT2D eigenvalue weighted by Gasteiger charge is 2.28. The Kier molecular flexibility index (Phi) is 15.7. The van der Waals surface area contributed by atoms with E-state index in [4.69, 9.17) is 18.9 Å². The SMILES string of the molecule is C=CC(=O)OCCCCOC(=O)NC1CCC(CC2CCC(NC(=O)OCCCCOC(=O)C=C)CC2)CC1. The van der Waals surface area contributed by atoms with Crippen LogP contribution in [0.5, 0.6) is 0 Å². The van der Waals surface area contributed by atoms with Gasteiger partial charge in [0.05, 0.1) is 26.4 Å². The molecule has 0 heterocycles. The minimum atomic E-state index is -0.442. The van der Waals surface area contributed by atoms with Crippen molar-refractivity contribution >= 4 is 24.1 Å². The predicted molar refractivity (Wildman–Crippen MR) is 146 cm³/mol. The van der Waals surface area contributed by atoms with Crippen LogP contribution in [-0.2, 0) is 28.5 Å². The summed E-state index contributed by atoms with van der Waals surface area (Å²) in [5, 5.41) is 5.96. The summed E-state index contributed by atoms with van der Waals surface area (Å²) in [4.78, 5) is 46.0. The van der Waals surface area contributed by atoms with E-state index in [1.165, 1.54) is 6.42 Å². The fraction of sp³-hybridized carbons (Fsp3) is 0.724. The lowest BCUT2D eigenvalue weighted by atomic mass is 9.76. The van der Waals surface area contributed by atoms with Crippen molar-refractivity contribution in [2.75, 3.05) is 26.4 Å². The van der Waals surface area contributed by atoms with Crippen molar-refractivity contribution < 1.29 is 38.1 Å². The Labute approximate surface area is 232 Å². The molecule has 2 aliphatic rings. The van der Waals surface area contributed by atoms with Crippen molar-refractivity contribution in [3.05, 3.63) is 25.3 Å². The van der Waals surface area contributed by atoms with Crippen LogP contribution in [0.1, 0.15) is 83.5 Å². The summed E-state index contributed by atoms with van der Waals surface area (Å²) in [6.07, 6.45) is 13.6. The van der Waals surface area contributed by atoms with Gasteiger partial charge in [0.1, 0.15) is 0 Å². The predicted octanol–water partition coefficient (Wildman–Crippen LogP) is 4.97. The highest BCUT2D eigenvalue weighted by Crippen LogP contribution is 2.35. The number of hydrogen-bond acceptors (Lipinski definition) is 8. The monoisotopic (exact) mass is 550 g/mol. The maximum Gasteiger partial charge on any atom is 0.407 e. The molecule has 2 fully saturated rings. The molecular formula is C29H46N2O8. The van der Waals surface area contributed by atoms with Crippen LogP contribution in [0.4, 0.5) is 9.59 Å². The number of carbonyl (C=O) groups is 4. The Morgan fingerprint density at radius 1 is 0.564 bits per heavy atom. The minimum Gasteiger partial charge on any atom is -0.463 e. The van der Waals surface area contributed by atoms with Gasteiger partial charge in [-0.15, -0.1) is 0 Å². The Balaban J connectivity index is 1.47. The van der Waals surface area contributed by atoms with Gasteiger partial charge in [-0.2, -0.15) is 0 Å². The molecule has 10 nitrogen and oxygen atoms in total. The van der Waals surface area contributed by atoms with Gasteiger partial charge in [-0.1, -0.05) is 13.2 Å². The number of hydrogen-bond donors (Lipinski definition) is 2. The van der Waals surface area contributed by atoms with Crippen LogP contribution >= 0.6 is 0 Å². The van der Waals surface area contributed by atoms with E-state index in [0.29, 0.717) is 63.9 Å². The molecule has 2 aliphatic carbocycles. The molecule has 39 heavy (non-hydrogen) atoms. The summed E-state index contributed by atoms with van der Waals surface area (Å²) in [5.74, 6) is 0.481. The van der Waals surface area contributed by atoms with Crippen LogP contribution < -0.4 is 10.6 Å². The number of nitrogens with one attached hydrogen (secondary N) is 2. The largest absolute Gasteiger partial charge is 0.463 e. The van der Waals surface area contributed by atoms with Gasteiger partial charge in [-0.3, -0.25) is 0 Å². The van der Waals surface area contributed by atoms with Crippen molar-refractivity contribution in [3.63, 3.8) is 0 Å². The third-order valence-corrected chi connectivity index (χ3v) is 7.37. The van der Waals surface area contributed by atoms with E-state index in [9.17, 15) is 19.2 Å². The fourth-order valence-electron chi connectivity index (χ4n) is 5.17. The van der Waals surface area contributed by atoms with Crippen LogP contribution in [0.2, 0.25) is 0 Å². The fourth-order valence-corrected chi connectivity index (χ4v) is 5.17. The maximum absolute atomic E-state index is 12.0. The van der Waals surface area contributed by atoms with Crippen LogP contribution in [0.25, 0.3) is 0 Å². The van der Waals surface area contributed by atoms with E-state index in [1.54, 1.807) is 0 Å². The highest BCUT2D eigenvalue weighted by molar-refractivity contribution is 5.81. The minimum absolute atomic E-state index is 0.162. The van der Waals surface area contributed by atoms with Gasteiger partial charge in [-0.25, -0.2) is 19.2 Å². The lowest BCUT2D eigenvalue weighted by Gasteiger charge is -2.34. The van der Waals surface area contributed by atoms with E-state index >= 15 is 0 Å². The van der Waals surface area contributed by atoms with Crippen molar-refractivity contribution in [3.8, 4) is 0 Å². The normalized spacial score (nSPS) is 22.6. The van der Waals surface area contributed by atoms with Crippen LogP contribution in [0, 0.1) is 11.8 Å². The topological polar surface area (TPSA) is 129 Å². The number of ether oxygens (including phenoxy) is 4. The molecule has 0 aliphatic heterocycles. The van der Waals surface area contributed by atoms with Gasteiger partial charge in [0.25, 0.3) is 0 Å². The summed E-state index contributed by atoms with van der Waals surface area (Å²) in [6.45, 7) is 7.87. The second-order valence-corrected chi connectivity index (χ2v) is 10.4. The molecule has 2 amide bonds. The van der Waals surface area contributed by atoms with Gasteiger partial charge in [0.15, 0.2) is 0 Å². The average Bonchev–Trinajstić information content (AvgIpc) is 2.94. The molecule has 0 radical (unpaired) electrons. The van der Waals surface area contributed by atoms with Crippen molar-refractivity contribution in [1.82, 2.24) is 10.6 Å². The molecular weight excluding hydrogens is 504 g/mol. The highest BCUT2D eigenvalue weighted by atomic mass is 16.6. The molecule has 0 saturated heterocycles. The first-order valence-corrected chi connectivity index (χ1v) is 14.3. The first-order chi connectivity index (χ1) is 18.9. The van der Waals surface area contributed by atoms with Gasteiger partial charge < -0.3 is 29.6 Å². The molecule has 0 unspecified atom stereocenters. The molecule has 2 rings (SSSR count). The molecule has 2 N–H and O–H groups in total. The standard InChI is InChI=1S/C29H46N2O8/c1-3-26(32)36-17-5-7-19-38-28(34)30-24-13-9-22(10-14-24)21-23-11-15-25(16-12-23)31-29(35)39-20-8-6-18-37-27(33)4-2/h3-4,22-25H,1-2,5-21H2,(H,30,34)(H,31,35). The van der Waals surface area contributed by atoms with Crippen LogP contribution in [-0.4, -0.2) is 62.6 Å². The maximum atomic E-state index is 12.0. The van der Waals surface area contributed by atoms with Gasteiger partial charge in [0.2, 0.25) is 0 Å². The lowest BCUT2D eigenvalue weighted by Crippen LogP contribution is -2.39. The van der Waals surface area contributed by atoms with Gasteiger partial charge in [0, 0.05) is 24.2 Å². The number of alkyl carbamates (subject to hydrolysis) is 2. The van der Waals surface area contributed by atoms with Crippen LogP contribution in [0.15, 0.2) is 25.3 Å². The Hall–Kier alpha value is -3.04. The Morgan fingerprint density at radius 2 is 0.897 bits per heavy atom. The zero-order valence-corrected chi connectivity index (χ0v) is 23.2. The summed E-state index contributed by atoms with van der Waals surface area (Å²) >= 11 is 0. The molecule has 0 atom stereocenters. The zero-order valence-electron chi connectivity index (χ0n) is 23.2. The number of unbranched alkanes of at least 4 members (excludes halogenated alkanes) is 2. The quantitative estimate of drug-likeness (QED) is 0.119. The van der Waals surface area contributed by atoms with Crippen LogP contribution in [0.3, 0.4) is 0 Å². The molecule has 0 aromatic heterocycles. The van der Waals surface area contributed by atoms with Crippen molar-refractivity contribution in [2.24, 2.45) is 11.8 Å². The van der Waals surface area contributed by atoms with Crippen molar-refractivity contribution in [1.29, 1.82) is 0 Å². The van der Waals surface area contributed by atoms with Crippen molar-refractivity contribution in [2.45, 2.75) is 95.6 Å². The molecule has 0 aromatic rings. The number of amides is 2. The van der Waals surface area contributed by atoms with Gasteiger partial charge in [-0.05, 0) is 95.3 Å². The Morgan fingerprint density at radius 3 is 1.23 bits per heavy atom. The van der Waals surface area contributed by atoms with E-state index in [-0.39, 0.29) is 24.3 Å². The summed E-state index contributed by atoms with van der Waals surface area (Å²) in [7, 11) is 0. The second kappa shape index (κ2) is 19.1. The molecule has 220 valence electrons. The molecule has 2 saturated carbocycles. The summed E-state index contributed by atoms with van der Waals surface area (Å²) in [5.41, 5.74) is 0. The molecule has 10 heteroatoms. The van der Waals surface area contributed by atoms with E-state index < -0.39 is 11.9 Å². The third kappa shape index (κ3) is 14.6. The smallest absolute Gasteiger partial charge is 0.407 e. The lowest BCUT2D eigenvalue weighted by molar-refractivity contribution is -0.138. The van der Waals surface area contributed by atoms with E-state index in [1.807, 2.05) is 0 Å². The zero-order chi connectivity index (χ0) is 28.3. The number of carbonyl (C=O) groups excluding carboxylic acids is 4. The average molecular weight is 551 g/mol. The molecule has 0 spiro atoms. The summed E-state index contributed by atoms with van der Waals surface area (Å²) in [6, 6.07) is 0.325. The Bertz CT molecular complexity index is 722. The first kappa shape index (κ1) is 32.2. The van der Waals surface area contributed by atoms with Gasteiger partial charge >= 0.3 is 24.1 Å². The molecule has 0 bridgehead atoms. The van der Waals surface area contributed by atoms with E-state index in [0.717, 1.165) is 63.5 Å².